The van der Waals surface area contributed by atoms with Gasteiger partial charge < -0.3 is 10.2 Å². The van der Waals surface area contributed by atoms with Crippen molar-refractivity contribution in [2.45, 2.75) is 13.0 Å². The normalized spacial score (nSPS) is 12.9. The van der Waals surface area contributed by atoms with E-state index in [-0.39, 0.29) is 11.4 Å². The Morgan fingerprint density at radius 2 is 2.43 bits per heavy atom. The highest BCUT2D eigenvalue weighted by molar-refractivity contribution is 5.83. The summed E-state index contributed by atoms with van der Waals surface area (Å²) in [6.07, 6.45) is 2.74. The third-order valence-corrected chi connectivity index (χ3v) is 1.59. The number of hydrogen-bond acceptors (Lipinski definition) is 4. The number of aliphatic carboxylic acids is 1. The Morgan fingerprint density at radius 1 is 1.71 bits per heavy atom. The fourth-order valence-electron chi connectivity index (χ4n) is 0.755. The van der Waals surface area contributed by atoms with E-state index in [4.69, 9.17) is 5.11 Å². The van der Waals surface area contributed by atoms with Gasteiger partial charge in [-0.05, 0) is 19.1 Å². The molecule has 0 aliphatic heterocycles. The molecule has 0 spiro atoms. The molecule has 0 amide bonds. The number of nitrogens with zero attached hydrogens (tertiary/aromatic N) is 2. The lowest BCUT2D eigenvalue weighted by Crippen LogP contribution is -2.13. The lowest BCUT2D eigenvalue weighted by Gasteiger charge is -1.98. The average Bonchev–Trinajstić information content (AvgIpc) is 2.16. The Kier molecular flexibility index (Phi) is 3.17. The highest BCUT2D eigenvalue weighted by atomic mass is 16.4. The Balaban J connectivity index is 2.78. The van der Waals surface area contributed by atoms with E-state index in [9.17, 15) is 9.90 Å². The van der Waals surface area contributed by atoms with Crippen molar-refractivity contribution in [3.8, 4) is 5.75 Å². The van der Waals surface area contributed by atoms with Crippen molar-refractivity contribution in [3.05, 3.63) is 24.0 Å². The second-order valence-corrected chi connectivity index (χ2v) is 2.70. The van der Waals surface area contributed by atoms with Gasteiger partial charge in [0.1, 0.15) is 17.5 Å². The largest absolute Gasteiger partial charge is 0.506 e. The van der Waals surface area contributed by atoms with Crippen LogP contribution < -0.4 is 0 Å². The van der Waals surface area contributed by atoms with Crippen molar-refractivity contribution in [1.29, 1.82) is 0 Å². The maximum Gasteiger partial charge on any atom is 0.328 e. The van der Waals surface area contributed by atoms with Gasteiger partial charge in [0.05, 0.1) is 6.21 Å². The Morgan fingerprint density at radius 3 is 3.00 bits per heavy atom. The predicted octanol–water partition coefficient (Wildman–Crippen LogP) is 0.679. The second-order valence-electron chi connectivity index (χ2n) is 2.70. The number of hydrogen-bond donors (Lipinski definition) is 2. The monoisotopic (exact) mass is 194 g/mol. The van der Waals surface area contributed by atoms with Crippen molar-refractivity contribution >= 4 is 12.2 Å². The van der Waals surface area contributed by atoms with Crippen LogP contribution in [-0.2, 0) is 4.79 Å². The summed E-state index contributed by atoms with van der Waals surface area (Å²) in [5, 5.41) is 17.8. The van der Waals surface area contributed by atoms with Gasteiger partial charge in [-0.15, -0.1) is 0 Å². The fourth-order valence-corrected chi connectivity index (χ4v) is 0.755. The molecule has 2 N–H and O–H groups in total. The summed E-state index contributed by atoms with van der Waals surface area (Å²) in [6, 6.07) is 2.20. The molecule has 1 aromatic heterocycles. The van der Waals surface area contributed by atoms with Crippen LogP contribution >= 0.6 is 0 Å². The number of aromatic nitrogens is 1. The lowest BCUT2D eigenvalue weighted by atomic mass is 10.3. The molecule has 0 aliphatic carbocycles. The van der Waals surface area contributed by atoms with E-state index in [0.29, 0.717) is 0 Å². The van der Waals surface area contributed by atoms with Crippen LogP contribution in [0.1, 0.15) is 12.6 Å². The van der Waals surface area contributed by atoms with Crippen molar-refractivity contribution in [1.82, 2.24) is 4.98 Å². The minimum atomic E-state index is -1.02. The smallest absolute Gasteiger partial charge is 0.328 e. The summed E-state index contributed by atoms with van der Waals surface area (Å²) in [5.41, 5.74) is 0.264. The zero-order chi connectivity index (χ0) is 10.6. The maximum absolute atomic E-state index is 10.4. The molecule has 0 aliphatic rings. The summed E-state index contributed by atoms with van der Waals surface area (Å²) < 4.78 is 0. The highest BCUT2D eigenvalue weighted by Gasteiger charge is 2.07. The molecule has 0 bridgehead atoms. The molecule has 1 rings (SSSR count). The third kappa shape index (κ3) is 2.55. The molecule has 1 aromatic rings. The van der Waals surface area contributed by atoms with E-state index in [2.05, 4.69) is 9.98 Å². The van der Waals surface area contributed by atoms with Gasteiger partial charge in [0.25, 0.3) is 0 Å². The molecule has 0 fully saturated rings. The number of carboxylic acids is 1. The standard InChI is InChI=1S/C9H10N2O3/c1-6(9(13)14)11-5-7-8(12)3-2-4-10-7/h2-6,12H,1H3,(H,13,14). The van der Waals surface area contributed by atoms with Crippen molar-refractivity contribution in [3.63, 3.8) is 0 Å². The minimum Gasteiger partial charge on any atom is -0.506 e. The van der Waals surface area contributed by atoms with Crippen LogP contribution in [0.4, 0.5) is 0 Å². The van der Waals surface area contributed by atoms with Gasteiger partial charge in [0, 0.05) is 6.20 Å². The first-order chi connectivity index (χ1) is 6.61. The van der Waals surface area contributed by atoms with Crippen molar-refractivity contribution in [2.24, 2.45) is 4.99 Å². The molecule has 1 unspecified atom stereocenters. The number of pyridine rings is 1. The van der Waals surface area contributed by atoms with Crippen LogP contribution in [0.2, 0.25) is 0 Å². The number of aromatic hydroxyl groups is 1. The summed E-state index contributed by atoms with van der Waals surface area (Å²) in [5.74, 6) is -1.04. The summed E-state index contributed by atoms with van der Waals surface area (Å²) >= 11 is 0. The molecule has 14 heavy (non-hydrogen) atoms. The van der Waals surface area contributed by atoms with E-state index < -0.39 is 12.0 Å². The van der Waals surface area contributed by atoms with Crippen LogP contribution in [0.3, 0.4) is 0 Å². The summed E-state index contributed by atoms with van der Waals surface area (Å²) in [6.45, 7) is 1.44. The fraction of sp³-hybridized carbons (Fsp3) is 0.222. The van der Waals surface area contributed by atoms with Crippen molar-refractivity contribution in [2.75, 3.05) is 0 Å². The van der Waals surface area contributed by atoms with Crippen LogP contribution in [0, 0.1) is 0 Å². The van der Waals surface area contributed by atoms with Gasteiger partial charge in [0.15, 0.2) is 0 Å². The number of aliphatic imine (C=N–C) groups is 1. The molecular formula is C9H10N2O3. The van der Waals surface area contributed by atoms with Gasteiger partial charge >= 0.3 is 5.97 Å². The molecule has 0 aromatic carbocycles. The van der Waals surface area contributed by atoms with Gasteiger partial charge in [-0.1, -0.05) is 0 Å². The van der Waals surface area contributed by atoms with E-state index in [0.717, 1.165) is 0 Å². The zero-order valence-corrected chi connectivity index (χ0v) is 7.58. The predicted molar refractivity (Wildman–Crippen MR) is 50.6 cm³/mol. The van der Waals surface area contributed by atoms with Gasteiger partial charge in [-0.2, -0.15) is 0 Å². The van der Waals surface area contributed by atoms with Crippen LogP contribution in [-0.4, -0.2) is 33.4 Å². The zero-order valence-electron chi connectivity index (χ0n) is 7.58. The van der Waals surface area contributed by atoms with Crippen LogP contribution in [0.15, 0.2) is 23.3 Å². The van der Waals surface area contributed by atoms with Gasteiger partial charge in [0.2, 0.25) is 0 Å². The molecule has 1 atom stereocenters. The van der Waals surface area contributed by atoms with Gasteiger partial charge in [-0.25, -0.2) is 4.79 Å². The number of carboxylic acid groups (broad SMARTS) is 1. The maximum atomic E-state index is 10.4. The molecule has 0 radical (unpaired) electrons. The first-order valence-electron chi connectivity index (χ1n) is 4.01. The SMILES string of the molecule is CC(N=Cc1ncccc1O)C(=O)O. The van der Waals surface area contributed by atoms with E-state index in [1.165, 1.54) is 25.4 Å². The molecule has 5 heteroatoms. The molecule has 74 valence electrons. The number of carbonyl (C=O) groups is 1. The Bertz CT molecular complexity index is 363. The first-order valence-corrected chi connectivity index (χ1v) is 4.01. The average molecular weight is 194 g/mol. The Labute approximate surface area is 80.8 Å². The van der Waals surface area contributed by atoms with E-state index in [1.54, 1.807) is 6.07 Å². The molecule has 0 saturated heterocycles. The first kappa shape index (κ1) is 10.2. The highest BCUT2D eigenvalue weighted by Crippen LogP contribution is 2.09. The van der Waals surface area contributed by atoms with E-state index in [1.807, 2.05) is 0 Å². The molecular weight excluding hydrogens is 184 g/mol. The minimum absolute atomic E-state index is 0.0196. The van der Waals surface area contributed by atoms with Gasteiger partial charge in [-0.3, -0.25) is 9.98 Å². The second kappa shape index (κ2) is 4.36. The van der Waals surface area contributed by atoms with E-state index >= 15 is 0 Å². The topological polar surface area (TPSA) is 82.8 Å². The molecule has 1 heterocycles. The summed E-state index contributed by atoms with van der Waals surface area (Å²) in [4.78, 5) is 17.9. The third-order valence-electron chi connectivity index (χ3n) is 1.59. The lowest BCUT2D eigenvalue weighted by molar-refractivity contribution is -0.137. The quantitative estimate of drug-likeness (QED) is 0.693. The van der Waals surface area contributed by atoms with Crippen LogP contribution in [0.25, 0.3) is 0 Å². The summed E-state index contributed by atoms with van der Waals surface area (Å²) in [7, 11) is 0. The Hall–Kier alpha value is -1.91. The van der Waals surface area contributed by atoms with Crippen LogP contribution in [0.5, 0.6) is 5.75 Å². The van der Waals surface area contributed by atoms with Crippen molar-refractivity contribution < 1.29 is 15.0 Å². The molecule has 0 saturated carbocycles. The number of rotatable bonds is 3. The molecule has 5 nitrogen and oxygen atoms in total.